The summed E-state index contributed by atoms with van der Waals surface area (Å²) in [6, 6.07) is 3.66. The molecular weight excluding hydrogens is 277 g/mol. The van der Waals surface area contributed by atoms with Crippen molar-refractivity contribution in [2.24, 2.45) is 0 Å². The zero-order valence-corrected chi connectivity index (χ0v) is 10.8. The maximum Gasteiger partial charge on any atom is 0.243 e. The molecule has 2 rings (SSSR count). The number of benzene rings is 1. The summed E-state index contributed by atoms with van der Waals surface area (Å²) in [6.45, 7) is 0.100. The van der Waals surface area contributed by atoms with E-state index in [1.165, 1.54) is 23.5 Å². The molecule has 0 spiro atoms. The van der Waals surface area contributed by atoms with Gasteiger partial charge in [-0.25, -0.2) is 17.5 Å². The number of sulfonamides is 1. The van der Waals surface area contributed by atoms with Crippen molar-refractivity contribution in [1.29, 1.82) is 0 Å². The van der Waals surface area contributed by atoms with E-state index in [1.54, 1.807) is 11.7 Å². The highest BCUT2D eigenvalue weighted by molar-refractivity contribution is 7.89. The van der Waals surface area contributed by atoms with Gasteiger partial charge >= 0.3 is 0 Å². The highest BCUT2D eigenvalue weighted by atomic mass is 32.2. The molecule has 8 heteroatoms. The third kappa shape index (κ3) is 2.66. The summed E-state index contributed by atoms with van der Waals surface area (Å²) < 4.78 is 39.4. The second-order valence-electron chi connectivity index (χ2n) is 3.44. The molecule has 0 saturated heterocycles. The molecule has 0 aliphatic heterocycles. The van der Waals surface area contributed by atoms with Crippen LogP contribution >= 0.6 is 11.3 Å². The zero-order chi connectivity index (χ0) is 13.2. The van der Waals surface area contributed by atoms with Crippen LogP contribution in [0.15, 0.2) is 34.8 Å². The second kappa shape index (κ2) is 5.01. The van der Waals surface area contributed by atoms with Crippen LogP contribution in [0.1, 0.15) is 4.88 Å². The maximum absolute atomic E-state index is 13.2. The first-order valence-electron chi connectivity index (χ1n) is 4.92. The van der Waals surface area contributed by atoms with Gasteiger partial charge in [-0.05, 0) is 12.1 Å². The quantitative estimate of drug-likeness (QED) is 0.831. The molecule has 0 saturated carbocycles. The highest BCUT2D eigenvalue weighted by Gasteiger charge is 2.19. The number of aromatic nitrogens is 1. The molecule has 1 aromatic heterocycles. The van der Waals surface area contributed by atoms with Gasteiger partial charge in [-0.15, -0.1) is 11.3 Å². The minimum absolute atomic E-state index is 0.100. The highest BCUT2D eigenvalue weighted by Crippen LogP contribution is 2.21. The lowest BCUT2D eigenvalue weighted by Gasteiger charge is -2.08. The number of anilines is 1. The van der Waals surface area contributed by atoms with E-state index >= 15 is 0 Å². The lowest BCUT2D eigenvalue weighted by atomic mass is 10.3. The zero-order valence-electron chi connectivity index (χ0n) is 9.13. The number of para-hydroxylation sites is 1. The van der Waals surface area contributed by atoms with E-state index in [-0.39, 0.29) is 17.1 Å². The smallest absolute Gasteiger partial charge is 0.243 e. The summed E-state index contributed by atoms with van der Waals surface area (Å²) in [6.07, 6.45) is 1.56. The number of thiazole rings is 1. The Labute approximate surface area is 108 Å². The van der Waals surface area contributed by atoms with Crippen molar-refractivity contribution < 1.29 is 12.8 Å². The maximum atomic E-state index is 13.2. The van der Waals surface area contributed by atoms with Gasteiger partial charge in [0, 0.05) is 17.6 Å². The number of hydrogen-bond donors (Lipinski definition) is 2. The molecule has 3 N–H and O–H groups in total. The minimum atomic E-state index is -3.83. The van der Waals surface area contributed by atoms with Crippen LogP contribution in [0.2, 0.25) is 0 Å². The predicted molar refractivity (Wildman–Crippen MR) is 67.0 cm³/mol. The van der Waals surface area contributed by atoms with Crippen LogP contribution in [-0.4, -0.2) is 13.4 Å². The fraction of sp³-hybridized carbons (Fsp3) is 0.100. The molecule has 0 unspecified atom stereocenters. The van der Waals surface area contributed by atoms with Crippen molar-refractivity contribution in [3.63, 3.8) is 0 Å². The molecule has 0 atom stereocenters. The van der Waals surface area contributed by atoms with Gasteiger partial charge in [-0.1, -0.05) is 6.07 Å². The van der Waals surface area contributed by atoms with E-state index in [9.17, 15) is 12.8 Å². The molecule has 1 aromatic carbocycles. The number of halogens is 1. The lowest BCUT2D eigenvalue weighted by Crippen LogP contribution is -2.24. The number of nitrogens with one attached hydrogen (secondary N) is 1. The van der Waals surface area contributed by atoms with Crippen LogP contribution in [0, 0.1) is 5.82 Å². The van der Waals surface area contributed by atoms with Crippen LogP contribution in [0.3, 0.4) is 0 Å². The molecule has 0 bridgehead atoms. The molecule has 96 valence electrons. The average Bonchev–Trinajstić information content (AvgIpc) is 2.83. The van der Waals surface area contributed by atoms with Crippen molar-refractivity contribution >= 4 is 27.0 Å². The third-order valence-electron chi connectivity index (χ3n) is 2.22. The molecule has 0 radical (unpaired) electrons. The molecule has 18 heavy (non-hydrogen) atoms. The van der Waals surface area contributed by atoms with E-state index in [1.807, 2.05) is 0 Å². The van der Waals surface area contributed by atoms with Crippen LogP contribution in [0.5, 0.6) is 0 Å². The Morgan fingerprint density at radius 2 is 2.22 bits per heavy atom. The van der Waals surface area contributed by atoms with Crippen LogP contribution in [0.4, 0.5) is 10.1 Å². The molecule has 0 fully saturated rings. The van der Waals surface area contributed by atoms with E-state index in [2.05, 4.69) is 9.71 Å². The van der Waals surface area contributed by atoms with E-state index in [4.69, 9.17) is 5.73 Å². The standard InChI is InChI=1S/C10H10FN3O2S2/c11-8-2-1-3-9(10(8)12)18(15,16)14-5-7-4-13-6-17-7/h1-4,6,14H,5,12H2. The summed E-state index contributed by atoms with van der Waals surface area (Å²) in [4.78, 5) is 4.33. The number of nitrogens with zero attached hydrogens (tertiary/aromatic N) is 1. The van der Waals surface area contributed by atoms with Gasteiger partial charge < -0.3 is 5.73 Å². The molecule has 1 heterocycles. The fourth-order valence-corrected chi connectivity index (χ4v) is 3.10. The molecule has 2 aromatic rings. The Bertz CT molecular complexity index is 641. The van der Waals surface area contributed by atoms with Gasteiger partial charge in [-0.2, -0.15) is 0 Å². The largest absolute Gasteiger partial charge is 0.395 e. The van der Waals surface area contributed by atoms with Gasteiger partial charge in [0.1, 0.15) is 10.7 Å². The lowest BCUT2D eigenvalue weighted by molar-refractivity contribution is 0.579. The Morgan fingerprint density at radius 3 is 2.89 bits per heavy atom. The molecule has 0 amide bonds. The van der Waals surface area contributed by atoms with Gasteiger partial charge in [-0.3, -0.25) is 4.98 Å². The summed E-state index contributed by atoms with van der Waals surface area (Å²) in [5.41, 5.74) is 6.63. The average molecular weight is 287 g/mol. The van der Waals surface area contributed by atoms with Crippen molar-refractivity contribution in [2.45, 2.75) is 11.4 Å². The summed E-state index contributed by atoms with van der Waals surface area (Å²) >= 11 is 1.32. The second-order valence-corrected chi connectivity index (χ2v) is 6.15. The number of rotatable bonds is 4. The van der Waals surface area contributed by atoms with E-state index < -0.39 is 15.8 Å². The van der Waals surface area contributed by atoms with Crippen molar-refractivity contribution in [2.75, 3.05) is 5.73 Å². The van der Waals surface area contributed by atoms with E-state index in [0.29, 0.717) is 0 Å². The van der Waals surface area contributed by atoms with Crippen molar-refractivity contribution in [3.05, 3.63) is 40.6 Å². The third-order valence-corrected chi connectivity index (χ3v) is 4.46. The van der Waals surface area contributed by atoms with Crippen LogP contribution in [-0.2, 0) is 16.6 Å². The van der Waals surface area contributed by atoms with Crippen LogP contribution in [0.25, 0.3) is 0 Å². The molecule has 0 aliphatic rings. The first-order chi connectivity index (χ1) is 8.50. The van der Waals surface area contributed by atoms with Gasteiger partial charge in [0.25, 0.3) is 0 Å². The summed E-state index contributed by atoms with van der Waals surface area (Å²) in [5.74, 6) is -0.754. The van der Waals surface area contributed by atoms with Gasteiger partial charge in [0.2, 0.25) is 10.0 Å². The Balaban J connectivity index is 2.23. The van der Waals surface area contributed by atoms with Crippen LogP contribution < -0.4 is 10.5 Å². The number of nitrogens with two attached hydrogens (primary N) is 1. The molecule has 5 nitrogen and oxygen atoms in total. The minimum Gasteiger partial charge on any atom is -0.395 e. The topological polar surface area (TPSA) is 85.1 Å². The number of hydrogen-bond acceptors (Lipinski definition) is 5. The SMILES string of the molecule is Nc1c(F)cccc1S(=O)(=O)NCc1cncs1. The molecule has 0 aliphatic carbocycles. The summed E-state index contributed by atoms with van der Waals surface area (Å²) in [5, 5.41) is 0. The first kappa shape index (κ1) is 12.9. The van der Waals surface area contributed by atoms with Crippen molar-refractivity contribution in [1.82, 2.24) is 9.71 Å². The van der Waals surface area contributed by atoms with Gasteiger partial charge in [0.15, 0.2) is 0 Å². The summed E-state index contributed by atoms with van der Waals surface area (Å²) in [7, 11) is -3.83. The Kier molecular flexibility index (Phi) is 3.60. The van der Waals surface area contributed by atoms with E-state index in [0.717, 1.165) is 10.9 Å². The van der Waals surface area contributed by atoms with Gasteiger partial charge in [0.05, 0.1) is 11.2 Å². The van der Waals surface area contributed by atoms with Crippen molar-refractivity contribution in [3.8, 4) is 0 Å². The Morgan fingerprint density at radius 1 is 1.44 bits per heavy atom. The first-order valence-corrected chi connectivity index (χ1v) is 7.28. The fourth-order valence-electron chi connectivity index (χ4n) is 1.32. The normalized spacial score (nSPS) is 11.6. The molecular formula is C10H10FN3O2S2. The number of nitrogen functional groups attached to an aromatic ring is 1. The Hall–Kier alpha value is -1.51. The predicted octanol–water partition coefficient (Wildman–Crippen LogP) is 1.34. The monoisotopic (exact) mass is 287 g/mol.